The highest BCUT2D eigenvalue weighted by Gasteiger charge is 2.34. The largest absolute Gasteiger partial charge is 0.418 e. The molecule has 3 N–H and O–H groups in total. The van der Waals surface area contributed by atoms with Gasteiger partial charge in [-0.2, -0.15) is 13.2 Å². The number of urea groups is 1. The summed E-state index contributed by atoms with van der Waals surface area (Å²) in [5, 5.41) is 7.41. The van der Waals surface area contributed by atoms with Gasteiger partial charge in [-0.25, -0.2) is 4.79 Å². The van der Waals surface area contributed by atoms with Gasteiger partial charge in [-0.15, -0.1) is 0 Å². The second kappa shape index (κ2) is 9.95. The number of rotatable bonds is 7. The van der Waals surface area contributed by atoms with Gasteiger partial charge in [0.2, 0.25) is 5.91 Å². The van der Waals surface area contributed by atoms with Gasteiger partial charge in [-0.05, 0) is 30.0 Å². The minimum absolute atomic E-state index is 0.254. The molecular weight excluding hydrogens is 383 g/mol. The van der Waals surface area contributed by atoms with Gasteiger partial charge in [0.1, 0.15) is 6.04 Å². The lowest BCUT2D eigenvalue weighted by atomic mass is 10.0. The zero-order valence-electron chi connectivity index (χ0n) is 16.2. The number of carbonyl (C=O) groups excluding carboxylic acids is 2. The van der Waals surface area contributed by atoms with Crippen LogP contribution in [0.1, 0.15) is 25.0 Å². The Bertz CT molecular complexity index is 823. The summed E-state index contributed by atoms with van der Waals surface area (Å²) >= 11 is 0. The van der Waals surface area contributed by atoms with Crippen LogP contribution in [-0.2, 0) is 17.4 Å². The zero-order valence-corrected chi connectivity index (χ0v) is 16.2. The van der Waals surface area contributed by atoms with Crippen molar-refractivity contribution in [1.82, 2.24) is 10.6 Å². The van der Waals surface area contributed by atoms with Crippen molar-refractivity contribution in [2.24, 2.45) is 5.92 Å². The minimum atomic E-state index is -4.60. The molecular formula is C21H24F3N3O2. The first-order valence-electron chi connectivity index (χ1n) is 9.24. The lowest BCUT2D eigenvalue weighted by Gasteiger charge is -2.22. The fourth-order valence-corrected chi connectivity index (χ4v) is 2.76. The maximum Gasteiger partial charge on any atom is 0.418 e. The summed E-state index contributed by atoms with van der Waals surface area (Å²) < 4.78 is 39.2. The fraction of sp³-hybridized carbons (Fsp3) is 0.333. The molecule has 0 saturated carbocycles. The Morgan fingerprint density at radius 3 is 2.21 bits per heavy atom. The van der Waals surface area contributed by atoms with Crippen LogP contribution in [0.4, 0.5) is 23.7 Å². The van der Waals surface area contributed by atoms with Crippen molar-refractivity contribution >= 4 is 17.6 Å². The molecule has 5 nitrogen and oxygen atoms in total. The smallest absolute Gasteiger partial charge is 0.354 e. The third-order valence-electron chi connectivity index (χ3n) is 4.27. The normalized spacial score (nSPS) is 12.3. The number of hydrogen-bond acceptors (Lipinski definition) is 2. The number of nitrogens with one attached hydrogen (secondary N) is 3. The van der Waals surface area contributed by atoms with Gasteiger partial charge in [0.15, 0.2) is 0 Å². The lowest BCUT2D eigenvalue weighted by Crippen LogP contribution is -2.51. The Balaban J connectivity index is 1.96. The van der Waals surface area contributed by atoms with Gasteiger partial charge in [0, 0.05) is 6.54 Å². The number of alkyl halides is 3. The summed E-state index contributed by atoms with van der Waals surface area (Å²) in [4.78, 5) is 24.7. The van der Waals surface area contributed by atoms with Gasteiger partial charge in [-0.1, -0.05) is 56.3 Å². The Morgan fingerprint density at radius 1 is 0.966 bits per heavy atom. The highest BCUT2D eigenvalue weighted by molar-refractivity contribution is 5.94. The molecule has 0 aliphatic rings. The summed E-state index contributed by atoms with van der Waals surface area (Å²) in [6.45, 7) is 3.86. The maximum atomic E-state index is 13.1. The number of para-hydroxylation sites is 1. The van der Waals surface area contributed by atoms with Gasteiger partial charge in [0.25, 0.3) is 0 Å². The van der Waals surface area contributed by atoms with Crippen LogP contribution in [0.3, 0.4) is 0 Å². The monoisotopic (exact) mass is 407 g/mol. The third kappa shape index (κ3) is 6.81. The number of benzene rings is 2. The SMILES string of the molecule is CC(C)C(NC(=O)Nc1ccccc1C(F)(F)F)C(=O)NCCc1ccccc1. The zero-order chi connectivity index (χ0) is 21.4. The van der Waals surface area contributed by atoms with Crippen LogP contribution in [0.15, 0.2) is 54.6 Å². The van der Waals surface area contributed by atoms with Crippen LogP contribution in [0, 0.1) is 5.92 Å². The molecule has 2 aromatic carbocycles. The average molecular weight is 407 g/mol. The van der Waals surface area contributed by atoms with E-state index in [9.17, 15) is 22.8 Å². The molecule has 0 aliphatic heterocycles. The number of carbonyl (C=O) groups is 2. The molecule has 2 rings (SSSR count). The lowest BCUT2D eigenvalue weighted by molar-refractivity contribution is -0.137. The Morgan fingerprint density at radius 2 is 1.59 bits per heavy atom. The van der Waals surface area contributed by atoms with Gasteiger partial charge < -0.3 is 16.0 Å². The summed E-state index contributed by atoms with van der Waals surface area (Å²) in [5.74, 6) is -0.648. The molecule has 1 unspecified atom stereocenters. The van der Waals surface area contributed by atoms with E-state index in [0.717, 1.165) is 17.7 Å². The maximum absolute atomic E-state index is 13.1. The van der Waals surface area contributed by atoms with E-state index in [0.29, 0.717) is 13.0 Å². The van der Waals surface area contributed by atoms with Gasteiger partial charge in [0.05, 0.1) is 11.3 Å². The van der Waals surface area contributed by atoms with Crippen molar-refractivity contribution in [3.8, 4) is 0 Å². The first-order chi connectivity index (χ1) is 13.7. The van der Waals surface area contributed by atoms with Crippen LogP contribution in [0.2, 0.25) is 0 Å². The second-order valence-corrected chi connectivity index (χ2v) is 6.89. The topological polar surface area (TPSA) is 70.2 Å². The van der Waals surface area contributed by atoms with Crippen molar-refractivity contribution in [3.63, 3.8) is 0 Å². The molecule has 0 aliphatic carbocycles. The third-order valence-corrected chi connectivity index (χ3v) is 4.27. The molecule has 1 atom stereocenters. The highest BCUT2D eigenvalue weighted by Crippen LogP contribution is 2.34. The van der Waals surface area contributed by atoms with Crippen LogP contribution >= 0.6 is 0 Å². The van der Waals surface area contributed by atoms with E-state index < -0.39 is 29.7 Å². The Hall–Kier alpha value is -3.03. The molecule has 3 amide bonds. The highest BCUT2D eigenvalue weighted by atomic mass is 19.4. The van der Waals surface area contributed by atoms with E-state index in [-0.39, 0.29) is 11.6 Å². The molecule has 0 radical (unpaired) electrons. The number of halogens is 3. The van der Waals surface area contributed by atoms with Crippen LogP contribution in [0.5, 0.6) is 0 Å². The molecule has 0 fully saturated rings. The van der Waals surface area contributed by atoms with E-state index in [1.807, 2.05) is 30.3 Å². The van der Waals surface area contributed by atoms with Crippen LogP contribution in [-0.4, -0.2) is 24.5 Å². The van der Waals surface area contributed by atoms with E-state index in [1.54, 1.807) is 13.8 Å². The van der Waals surface area contributed by atoms with E-state index >= 15 is 0 Å². The van der Waals surface area contributed by atoms with Crippen LogP contribution in [0.25, 0.3) is 0 Å². The standard InChI is InChI=1S/C21H24F3N3O2/c1-14(2)18(19(28)25-13-12-15-8-4-3-5-9-15)27-20(29)26-17-11-7-6-10-16(17)21(22,23)24/h3-11,14,18H,12-13H2,1-2H3,(H,25,28)(H2,26,27,29). The summed E-state index contributed by atoms with van der Waals surface area (Å²) in [6, 6.07) is 12.5. The molecule has 0 spiro atoms. The predicted molar refractivity (Wildman–Crippen MR) is 105 cm³/mol. The quantitative estimate of drug-likeness (QED) is 0.644. The summed E-state index contributed by atoms with van der Waals surface area (Å²) in [5.41, 5.74) is -0.267. The molecule has 0 saturated heterocycles. The average Bonchev–Trinajstić information content (AvgIpc) is 2.66. The Labute approximate surface area is 167 Å². The van der Waals surface area contributed by atoms with E-state index in [1.165, 1.54) is 12.1 Å². The van der Waals surface area contributed by atoms with Crippen molar-refractivity contribution in [1.29, 1.82) is 0 Å². The summed E-state index contributed by atoms with van der Waals surface area (Å²) in [6.07, 6.45) is -3.97. The molecule has 156 valence electrons. The molecule has 0 heterocycles. The van der Waals surface area contributed by atoms with E-state index in [2.05, 4.69) is 16.0 Å². The van der Waals surface area contributed by atoms with Crippen LogP contribution < -0.4 is 16.0 Å². The number of hydrogen-bond donors (Lipinski definition) is 3. The van der Waals surface area contributed by atoms with Gasteiger partial charge >= 0.3 is 12.2 Å². The summed E-state index contributed by atoms with van der Waals surface area (Å²) in [7, 11) is 0. The van der Waals surface area contributed by atoms with Crippen molar-refractivity contribution < 1.29 is 22.8 Å². The number of anilines is 1. The number of amides is 3. The molecule has 29 heavy (non-hydrogen) atoms. The predicted octanol–water partition coefficient (Wildman–Crippen LogP) is 4.21. The molecule has 2 aromatic rings. The molecule has 0 bridgehead atoms. The van der Waals surface area contributed by atoms with E-state index in [4.69, 9.17) is 0 Å². The second-order valence-electron chi connectivity index (χ2n) is 6.89. The first-order valence-corrected chi connectivity index (χ1v) is 9.24. The molecule has 8 heteroatoms. The van der Waals surface area contributed by atoms with Gasteiger partial charge in [-0.3, -0.25) is 4.79 Å². The first kappa shape index (κ1) is 22.3. The van der Waals surface area contributed by atoms with Crippen molar-refractivity contribution in [2.75, 3.05) is 11.9 Å². The molecule has 0 aromatic heterocycles. The van der Waals surface area contributed by atoms with Crippen molar-refractivity contribution in [2.45, 2.75) is 32.5 Å². The minimum Gasteiger partial charge on any atom is -0.354 e. The van der Waals surface area contributed by atoms with Crippen molar-refractivity contribution in [3.05, 3.63) is 65.7 Å². The fourth-order valence-electron chi connectivity index (χ4n) is 2.76. The Kier molecular flexibility index (Phi) is 7.64.